The van der Waals surface area contributed by atoms with Gasteiger partial charge in [0.05, 0.1) is 12.1 Å². The Balaban J connectivity index is 3.21. The van der Waals surface area contributed by atoms with E-state index < -0.39 is 0 Å². The minimum Gasteiger partial charge on any atom is -0.477 e. The van der Waals surface area contributed by atoms with E-state index in [1.54, 1.807) is 0 Å². The van der Waals surface area contributed by atoms with Crippen LogP contribution in [0.2, 0.25) is 0 Å². The molecule has 0 fully saturated rings. The Morgan fingerprint density at radius 1 is 1.19 bits per heavy atom. The number of ether oxygens (including phenoxy) is 1. The molecule has 0 saturated carbocycles. The molecule has 0 aliphatic heterocycles. The zero-order valence-corrected chi connectivity index (χ0v) is 11.6. The highest BCUT2D eigenvalue weighted by molar-refractivity contribution is 5.30. The Morgan fingerprint density at radius 2 is 1.75 bits per heavy atom. The fourth-order valence-electron chi connectivity index (χ4n) is 1.46. The van der Waals surface area contributed by atoms with Crippen LogP contribution < -0.4 is 4.74 Å². The molecular formula is C13H24N2O. The Bertz CT molecular complexity index is 353. The lowest BCUT2D eigenvalue weighted by molar-refractivity contribution is 0.296. The SMILES string of the molecule is CCOc1nn(C(C)(C)C)cc1C(C)(C)C. The first-order valence-electron chi connectivity index (χ1n) is 5.89. The lowest BCUT2D eigenvalue weighted by Gasteiger charge is -2.19. The molecule has 16 heavy (non-hydrogen) atoms. The molecule has 0 radical (unpaired) electrons. The van der Waals surface area contributed by atoms with Gasteiger partial charge >= 0.3 is 0 Å². The smallest absolute Gasteiger partial charge is 0.236 e. The molecule has 0 atom stereocenters. The van der Waals surface area contributed by atoms with Gasteiger partial charge in [0.1, 0.15) is 0 Å². The molecule has 0 aliphatic rings. The van der Waals surface area contributed by atoms with E-state index in [4.69, 9.17) is 4.74 Å². The molecule has 1 rings (SSSR count). The van der Waals surface area contributed by atoms with Crippen LogP contribution in [0.25, 0.3) is 0 Å². The third-order valence-corrected chi connectivity index (χ3v) is 2.46. The summed E-state index contributed by atoms with van der Waals surface area (Å²) in [5.41, 5.74) is 1.23. The lowest BCUT2D eigenvalue weighted by Crippen LogP contribution is -2.22. The van der Waals surface area contributed by atoms with Crippen molar-refractivity contribution < 1.29 is 4.74 Å². The van der Waals surface area contributed by atoms with Crippen molar-refractivity contribution in [1.82, 2.24) is 9.78 Å². The van der Waals surface area contributed by atoms with E-state index in [0.717, 1.165) is 5.88 Å². The van der Waals surface area contributed by atoms with Crippen LogP contribution in [0.1, 0.15) is 54.0 Å². The summed E-state index contributed by atoms with van der Waals surface area (Å²) >= 11 is 0. The van der Waals surface area contributed by atoms with Crippen LogP contribution in [0.15, 0.2) is 6.20 Å². The molecule has 0 amide bonds. The fourth-order valence-corrected chi connectivity index (χ4v) is 1.46. The molecule has 0 saturated heterocycles. The van der Waals surface area contributed by atoms with Gasteiger partial charge in [-0.3, -0.25) is 4.68 Å². The van der Waals surface area contributed by atoms with Crippen molar-refractivity contribution in [2.75, 3.05) is 6.61 Å². The Hall–Kier alpha value is -0.990. The predicted molar refractivity (Wildman–Crippen MR) is 67.1 cm³/mol. The minimum absolute atomic E-state index is 0.00461. The van der Waals surface area contributed by atoms with Gasteiger partial charge in [0.2, 0.25) is 5.88 Å². The summed E-state index contributed by atoms with van der Waals surface area (Å²) in [6.07, 6.45) is 2.10. The van der Waals surface area contributed by atoms with Crippen LogP contribution in [0.5, 0.6) is 5.88 Å². The predicted octanol–water partition coefficient (Wildman–Crippen LogP) is 3.33. The highest BCUT2D eigenvalue weighted by Crippen LogP contribution is 2.32. The number of hydrogen-bond acceptors (Lipinski definition) is 2. The molecule has 3 nitrogen and oxygen atoms in total. The molecule has 0 bridgehead atoms. The summed E-state index contributed by atoms with van der Waals surface area (Å²) in [6.45, 7) is 15.6. The zero-order chi connectivity index (χ0) is 12.6. The molecule has 0 unspecified atom stereocenters. The molecule has 1 aromatic rings. The lowest BCUT2D eigenvalue weighted by atomic mass is 9.89. The van der Waals surface area contributed by atoms with Crippen molar-refractivity contribution in [1.29, 1.82) is 0 Å². The topological polar surface area (TPSA) is 27.1 Å². The normalized spacial score (nSPS) is 12.9. The summed E-state index contributed by atoms with van der Waals surface area (Å²) in [7, 11) is 0. The van der Waals surface area contributed by atoms with E-state index in [9.17, 15) is 0 Å². The highest BCUT2D eigenvalue weighted by Gasteiger charge is 2.25. The first-order valence-corrected chi connectivity index (χ1v) is 5.89. The second kappa shape index (κ2) is 4.11. The summed E-state index contributed by atoms with van der Waals surface area (Å²) in [6, 6.07) is 0. The van der Waals surface area contributed by atoms with Crippen molar-refractivity contribution in [3.63, 3.8) is 0 Å². The van der Waals surface area contributed by atoms with Crippen LogP contribution in [-0.2, 0) is 11.0 Å². The fraction of sp³-hybridized carbons (Fsp3) is 0.769. The standard InChI is InChI=1S/C13H24N2O/c1-8-16-11-10(12(2,3)4)9-15(14-11)13(5,6)7/h9H,8H2,1-7H3. The van der Waals surface area contributed by atoms with Gasteiger partial charge in [-0.2, -0.15) is 0 Å². The van der Waals surface area contributed by atoms with Crippen molar-refractivity contribution in [2.24, 2.45) is 0 Å². The first kappa shape index (κ1) is 13.1. The maximum absolute atomic E-state index is 5.61. The van der Waals surface area contributed by atoms with Crippen molar-refractivity contribution in [2.45, 2.75) is 59.4 Å². The quantitative estimate of drug-likeness (QED) is 0.770. The molecule has 1 aromatic heterocycles. The average Bonchev–Trinajstić information content (AvgIpc) is 2.46. The maximum Gasteiger partial charge on any atom is 0.236 e. The van der Waals surface area contributed by atoms with Crippen LogP contribution in [0.4, 0.5) is 0 Å². The van der Waals surface area contributed by atoms with Gasteiger partial charge in [-0.25, -0.2) is 0 Å². The summed E-state index contributed by atoms with van der Waals surface area (Å²) in [4.78, 5) is 0. The van der Waals surface area contributed by atoms with E-state index in [-0.39, 0.29) is 11.0 Å². The van der Waals surface area contributed by atoms with Gasteiger partial charge in [-0.15, -0.1) is 5.10 Å². The third kappa shape index (κ3) is 2.77. The largest absolute Gasteiger partial charge is 0.477 e. The van der Waals surface area contributed by atoms with Crippen LogP contribution >= 0.6 is 0 Å². The highest BCUT2D eigenvalue weighted by atomic mass is 16.5. The molecule has 3 heteroatoms. The molecule has 0 aromatic carbocycles. The van der Waals surface area contributed by atoms with Crippen LogP contribution in [0.3, 0.4) is 0 Å². The van der Waals surface area contributed by atoms with Gasteiger partial charge in [-0.05, 0) is 33.1 Å². The number of hydrogen-bond donors (Lipinski definition) is 0. The second-order valence-corrected chi connectivity index (χ2v) is 6.15. The molecule has 92 valence electrons. The average molecular weight is 224 g/mol. The molecular weight excluding hydrogens is 200 g/mol. The van der Waals surface area contributed by atoms with E-state index in [1.807, 2.05) is 11.6 Å². The van der Waals surface area contributed by atoms with Crippen molar-refractivity contribution in [3.05, 3.63) is 11.8 Å². The van der Waals surface area contributed by atoms with Gasteiger partial charge in [0, 0.05) is 11.8 Å². The van der Waals surface area contributed by atoms with Crippen molar-refractivity contribution >= 4 is 0 Å². The van der Waals surface area contributed by atoms with E-state index in [1.165, 1.54) is 5.56 Å². The van der Waals surface area contributed by atoms with E-state index in [2.05, 4.69) is 52.8 Å². The third-order valence-electron chi connectivity index (χ3n) is 2.46. The van der Waals surface area contributed by atoms with Gasteiger partial charge in [0.25, 0.3) is 0 Å². The Labute approximate surface area is 98.8 Å². The molecule has 1 heterocycles. The first-order chi connectivity index (χ1) is 7.16. The van der Waals surface area contributed by atoms with E-state index in [0.29, 0.717) is 6.61 Å². The minimum atomic E-state index is -0.00461. The summed E-state index contributed by atoms with van der Waals surface area (Å²) in [5, 5.41) is 4.53. The van der Waals surface area contributed by atoms with Gasteiger partial charge < -0.3 is 4.74 Å². The summed E-state index contributed by atoms with van der Waals surface area (Å²) in [5.74, 6) is 0.768. The van der Waals surface area contributed by atoms with Crippen LogP contribution in [0, 0.1) is 0 Å². The Morgan fingerprint density at radius 3 is 2.12 bits per heavy atom. The van der Waals surface area contributed by atoms with Gasteiger partial charge in [0.15, 0.2) is 0 Å². The van der Waals surface area contributed by atoms with E-state index >= 15 is 0 Å². The van der Waals surface area contributed by atoms with Gasteiger partial charge in [-0.1, -0.05) is 20.8 Å². The van der Waals surface area contributed by atoms with Crippen LogP contribution in [-0.4, -0.2) is 16.4 Å². The van der Waals surface area contributed by atoms with Crippen molar-refractivity contribution in [3.8, 4) is 5.88 Å². The zero-order valence-electron chi connectivity index (χ0n) is 11.6. The maximum atomic E-state index is 5.61. The number of nitrogens with zero attached hydrogens (tertiary/aromatic N) is 2. The molecule has 0 spiro atoms. The number of rotatable bonds is 2. The monoisotopic (exact) mass is 224 g/mol. The second-order valence-electron chi connectivity index (χ2n) is 6.15. The number of aromatic nitrogens is 2. The summed E-state index contributed by atoms with van der Waals surface area (Å²) < 4.78 is 7.59. The molecule has 0 N–H and O–H groups in total. The Kier molecular flexibility index (Phi) is 3.36. The molecule has 0 aliphatic carbocycles.